The molecule has 110 valence electrons. The van der Waals surface area contributed by atoms with E-state index in [4.69, 9.17) is 10.4 Å². The first-order valence-electron chi connectivity index (χ1n) is 6.39. The summed E-state index contributed by atoms with van der Waals surface area (Å²) in [5.41, 5.74) is 0.0262. The van der Waals surface area contributed by atoms with Crippen molar-refractivity contribution >= 4 is 9.84 Å². The highest BCUT2D eigenvalue weighted by molar-refractivity contribution is 7.91. The number of aliphatic hydroxyl groups excluding tert-OH is 1. The number of nitrogens with one attached hydrogen (secondary N) is 1. The molecule has 6 heteroatoms. The fourth-order valence-electron chi connectivity index (χ4n) is 1.77. The van der Waals surface area contributed by atoms with Crippen LogP contribution in [0.2, 0.25) is 0 Å². The monoisotopic (exact) mass is 296 g/mol. The van der Waals surface area contributed by atoms with Crippen molar-refractivity contribution in [3.8, 4) is 6.07 Å². The molecular formula is C14H20N2O3S. The molecule has 0 saturated carbocycles. The van der Waals surface area contributed by atoms with Gasteiger partial charge in [0.1, 0.15) is 0 Å². The zero-order valence-corrected chi connectivity index (χ0v) is 12.6. The van der Waals surface area contributed by atoms with E-state index in [1.165, 1.54) is 12.1 Å². The molecule has 0 radical (unpaired) electrons. The van der Waals surface area contributed by atoms with Crippen molar-refractivity contribution in [2.75, 3.05) is 18.9 Å². The molecule has 1 aromatic rings. The maximum atomic E-state index is 12.1. The van der Waals surface area contributed by atoms with Crippen LogP contribution in [0, 0.1) is 11.3 Å². The Balaban J connectivity index is 2.69. The predicted octanol–water partition coefficient (Wildman–Crippen LogP) is 1.08. The van der Waals surface area contributed by atoms with E-state index in [0.717, 1.165) is 0 Å². The lowest BCUT2D eigenvalue weighted by Crippen LogP contribution is -2.42. The van der Waals surface area contributed by atoms with Crippen LogP contribution in [-0.2, 0) is 9.84 Å². The number of hydrogen-bond donors (Lipinski definition) is 2. The molecule has 0 aliphatic carbocycles. The molecule has 0 heterocycles. The number of hydrogen-bond acceptors (Lipinski definition) is 5. The van der Waals surface area contributed by atoms with Crippen LogP contribution in [0.4, 0.5) is 0 Å². The largest absolute Gasteiger partial charge is 0.396 e. The van der Waals surface area contributed by atoms with Gasteiger partial charge in [0.2, 0.25) is 0 Å². The van der Waals surface area contributed by atoms with Crippen LogP contribution in [-0.4, -0.2) is 38.0 Å². The molecule has 0 atom stereocenters. The van der Waals surface area contributed by atoms with Crippen molar-refractivity contribution in [1.29, 1.82) is 5.26 Å². The van der Waals surface area contributed by atoms with E-state index in [0.29, 0.717) is 18.5 Å². The van der Waals surface area contributed by atoms with Crippen LogP contribution < -0.4 is 5.32 Å². The number of aliphatic hydroxyl groups is 1. The van der Waals surface area contributed by atoms with Crippen molar-refractivity contribution in [1.82, 2.24) is 5.32 Å². The second-order valence-corrected chi connectivity index (χ2v) is 7.35. The lowest BCUT2D eigenvalue weighted by atomic mass is 10.0. The number of nitrogens with zero attached hydrogens (tertiary/aromatic N) is 1. The molecule has 0 aliphatic rings. The van der Waals surface area contributed by atoms with E-state index >= 15 is 0 Å². The zero-order chi connectivity index (χ0) is 15.2. The molecule has 0 aliphatic heterocycles. The van der Waals surface area contributed by atoms with Crippen LogP contribution >= 0.6 is 0 Å². The highest BCUT2D eigenvalue weighted by atomic mass is 32.2. The van der Waals surface area contributed by atoms with Gasteiger partial charge in [0.05, 0.1) is 22.3 Å². The SMILES string of the molecule is CC(C)(CCO)NCCS(=O)(=O)c1cccc(C#N)c1. The third-order valence-electron chi connectivity index (χ3n) is 3.03. The Bertz CT molecular complexity index is 589. The highest BCUT2D eigenvalue weighted by Crippen LogP contribution is 2.13. The fraction of sp³-hybridized carbons (Fsp3) is 0.500. The van der Waals surface area contributed by atoms with Crippen molar-refractivity contribution in [3.05, 3.63) is 29.8 Å². The summed E-state index contributed by atoms with van der Waals surface area (Å²) in [6.07, 6.45) is 0.553. The summed E-state index contributed by atoms with van der Waals surface area (Å²) >= 11 is 0. The normalized spacial score (nSPS) is 12.1. The van der Waals surface area contributed by atoms with Crippen LogP contribution in [0.25, 0.3) is 0 Å². The lowest BCUT2D eigenvalue weighted by Gasteiger charge is -2.25. The molecular weight excluding hydrogens is 276 g/mol. The molecule has 2 N–H and O–H groups in total. The predicted molar refractivity (Wildman–Crippen MR) is 77.0 cm³/mol. The molecule has 1 aromatic carbocycles. The smallest absolute Gasteiger partial charge is 0.179 e. The maximum Gasteiger partial charge on any atom is 0.179 e. The van der Waals surface area contributed by atoms with Gasteiger partial charge in [-0.05, 0) is 38.5 Å². The van der Waals surface area contributed by atoms with Crippen molar-refractivity contribution in [3.63, 3.8) is 0 Å². The molecule has 0 bridgehead atoms. The fourth-order valence-corrected chi connectivity index (χ4v) is 2.97. The van der Waals surface area contributed by atoms with Gasteiger partial charge in [-0.15, -0.1) is 0 Å². The van der Waals surface area contributed by atoms with E-state index in [9.17, 15) is 8.42 Å². The third-order valence-corrected chi connectivity index (χ3v) is 4.75. The quantitative estimate of drug-likeness (QED) is 0.786. The molecule has 0 aromatic heterocycles. The molecule has 0 unspecified atom stereocenters. The Morgan fingerprint density at radius 2 is 2.10 bits per heavy atom. The van der Waals surface area contributed by atoms with Gasteiger partial charge in [-0.3, -0.25) is 0 Å². The average Bonchev–Trinajstić information content (AvgIpc) is 2.38. The molecule has 0 amide bonds. The molecule has 0 spiro atoms. The van der Waals surface area contributed by atoms with E-state index < -0.39 is 9.84 Å². The van der Waals surface area contributed by atoms with Gasteiger partial charge in [0.15, 0.2) is 9.84 Å². The zero-order valence-electron chi connectivity index (χ0n) is 11.8. The molecule has 1 rings (SSSR count). The summed E-state index contributed by atoms with van der Waals surface area (Å²) in [5.74, 6) is -0.0449. The summed E-state index contributed by atoms with van der Waals surface area (Å²) in [5, 5.41) is 20.8. The molecule has 0 saturated heterocycles. The van der Waals surface area contributed by atoms with Gasteiger partial charge in [0, 0.05) is 18.7 Å². The highest BCUT2D eigenvalue weighted by Gasteiger charge is 2.19. The van der Waals surface area contributed by atoms with Crippen LogP contribution in [0.5, 0.6) is 0 Å². The summed E-state index contributed by atoms with van der Waals surface area (Å²) < 4.78 is 24.3. The Morgan fingerprint density at radius 3 is 2.70 bits per heavy atom. The van der Waals surface area contributed by atoms with Crippen molar-refractivity contribution in [2.45, 2.75) is 30.7 Å². The number of rotatable bonds is 7. The van der Waals surface area contributed by atoms with Crippen LogP contribution in [0.3, 0.4) is 0 Å². The minimum Gasteiger partial charge on any atom is -0.396 e. The van der Waals surface area contributed by atoms with Gasteiger partial charge >= 0.3 is 0 Å². The summed E-state index contributed by atoms with van der Waals surface area (Å²) in [6, 6.07) is 7.94. The van der Waals surface area contributed by atoms with Gasteiger partial charge in [-0.25, -0.2) is 8.42 Å². The Hall–Kier alpha value is -1.42. The first-order valence-corrected chi connectivity index (χ1v) is 8.05. The Morgan fingerprint density at radius 1 is 1.40 bits per heavy atom. The summed E-state index contributed by atoms with van der Waals surface area (Å²) in [6.45, 7) is 4.17. The number of nitriles is 1. The first-order chi connectivity index (χ1) is 9.30. The van der Waals surface area contributed by atoms with E-state index in [1.807, 2.05) is 19.9 Å². The molecule has 0 fully saturated rings. The van der Waals surface area contributed by atoms with Crippen molar-refractivity contribution < 1.29 is 13.5 Å². The minimum atomic E-state index is -3.41. The standard InChI is InChI=1S/C14H20N2O3S/c1-14(2,6-8-17)16-7-9-20(18,19)13-5-3-4-12(10-13)11-15/h3-5,10,16-17H,6-9H2,1-2H3. The van der Waals surface area contributed by atoms with E-state index in [-0.39, 0.29) is 22.8 Å². The second-order valence-electron chi connectivity index (χ2n) is 5.24. The van der Waals surface area contributed by atoms with E-state index in [2.05, 4.69) is 5.32 Å². The van der Waals surface area contributed by atoms with Gasteiger partial charge in [-0.1, -0.05) is 6.07 Å². The Labute approximate surface area is 120 Å². The van der Waals surface area contributed by atoms with Crippen molar-refractivity contribution in [2.24, 2.45) is 0 Å². The van der Waals surface area contributed by atoms with Gasteiger partial charge in [-0.2, -0.15) is 5.26 Å². The minimum absolute atomic E-state index is 0.0449. The third kappa shape index (κ3) is 4.93. The number of sulfone groups is 1. The first kappa shape index (κ1) is 16.6. The summed E-state index contributed by atoms with van der Waals surface area (Å²) in [4.78, 5) is 0.165. The van der Waals surface area contributed by atoms with Crippen LogP contribution in [0.15, 0.2) is 29.2 Å². The second kappa shape index (κ2) is 6.84. The van der Waals surface area contributed by atoms with Gasteiger partial charge in [0.25, 0.3) is 0 Å². The summed E-state index contributed by atoms with van der Waals surface area (Å²) in [7, 11) is -3.41. The average molecular weight is 296 g/mol. The van der Waals surface area contributed by atoms with Crippen LogP contribution in [0.1, 0.15) is 25.8 Å². The van der Waals surface area contributed by atoms with Gasteiger partial charge < -0.3 is 10.4 Å². The maximum absolute atomic E-state index is 12.1. The lowest BCUT2D eigenvalue weighted by molar-refractivity contribution is 0.233. The Kier molecular flexibility index (Phi) is 5.69. The number of benzene rings is 1. The molecule has 5 nitrogen and oxygen atoms in total. The topological polar surface area (TPSA) is 90.2 Å². The van der Waals surface area contributed by atoms with E-state index in [1.54, 1.807) is 12.1 Å². The molecule has 20 heavy (non-hydrogen) atoms.